The molecule has 0 aromatic heterocycles. The quantitative estimate of drug-likeness (QED) is 0.414. The lowest BCUT2D eigenvalue weighted by molar-refractivity contribution is -0.185. The molecule has 2 rings (SSSR count). The van der Waals surface area contributed by atoms with Crippen molar-refractivity contribution in [1.29, 1.82) is 0 Å². The third-order valence-electron chi connectivity index (χ3n) is 4.23. The summed E-state index contributed by atoms with van der Waals surface area (Å²) in [6, 6.07) is 2.98. The molecule has 1 unspecified atom stereocenters. The molecule has 0 radical (unpaired) electrons. The molecule has 1 aromatic rings. The molecule has 1 aromatic carbocycles. The largest absolute Gasteiger partial charge is 0.475 e. The van der Waals surface area contributed by atoms with E-state index in [4.69, 9.17) is 26.3 Å². The van der Waals surface area contributed by atoms with Crippen molar-refractivity contribution in [2.24, 2.45) is 0 Å². The second kappa shape index (κ2) is 9.97. The highest BCUT2D eigenvalue weighted by atomic mass is 35.5. The van der Waals surface area contributed by atoms with Crippen molar-refractivity contribution < 1.29 is 37.5 Å². The SMILES string of the molecule is CC(C)(C)c1cc2c(cc1Cl)C=C(C(=O)NCCOCCONO)C(C(F)(F)F)O2. The Bertz CT molecular complexity index is 794. The third-order valence-corrected chi connectivity index (χ3v) is 4.54. The highest BCUT2D eigenvalue weighted by Gasteiger charge is 2.48. The molecule has 7 nitrogen and oxygen atoms in total. The van der Waals surface area contributed by atoms with Crippen molar-refractivity contribution in [2.45, 2.75) is 38.5 Å². The second-order valence-corrected chi connectivity index (χ2v) is 7.97. The van der Waals surface area contributed by atoms with E-state index in [0.717, 1.165) is 6.08 Å². The molecular formula is C19H24ClF3N2O5. The van der Waals surface area contributed by atoms with Gasteiger partial charge in [-0.25, -0.2) is 0 Å². The molecule has 11 heteroatoms. The number of ether oxygens (including phenoxy) is 2. The van der Waals surface area contributed by atoms with Crippen LogP contribution < -0.4 is 15.7 Å². The zero-order valence-corrected chi connectivity index (χ0v) is 17.5. The van der Waals surface area contributed by atoms with Crippen LogP contribution >= 0.6 is 11.6 Å². The summed E-state index contributed by atoms with van der Waals surface area (Å²) in [5.74, 6) is -0.903. The Morgan fingerprint density at radius 2 is 1.93 bits per heavy atom. The van der Waals surface area contributed by atoms with Crippen LogP contribution in [0.5, 0.6) is 5.75 Å². The highest BCUT2D eigenvalue weighted by Crippen LogP contribution is 2.41. The van der Waals surface area contributed by atoms with Crippen LogP contribution in [0.2, 0.25) is 5.02 Å². The van der Waals surface area contributed by atoms with Crippen molar-refractivity contribution in [2.75, 3.05) is 26.4 Å². The molecule has 0 saturated heterocycles. The summed E-state index contributed by atoms with van der Waals surface area (Å²) >= 11 is 6.30. The van der Waals surface area contributed by atoms with Crippen LogP contribution in [0.25, 0.3) is 6.08 Å². The van der Waals surface area contributed by atoms with Gasteiger partial charge in [0, 0.05) is 17.1 Å². The van der Waals surface area contributed by atoms with Gasteiger partial charge < -0.3 is 14.8 Å². The lowest BCUT2D eigenvalue weighted by Crippen LogP contribution is -2.44. The molecule has 0 fully saturated rings. The number of fused-ring (bicyclic) bond motifs is 1. The maximum Gasteiger partial charge on any atom is 0.429 e. The lowest BCUT2D eigenvalue weighted by Gasteiger charge is -2.30. The van der Waals surface area contributed by atoms with Crippen molar-refractivity contribution in [1.82, 2.24) is 11.0 Å². The molecule has 168 valence electrons. The molecular weight excluding hydrogens is 429 g/mol. The van der Waals surface area contributed by atoms with Gasteiger partial charge in [-0.15, -0.1) is 0 Å². The summed E-state index contributed by atoms with van der Waals surface area (Å²) in [5.41, 5.74) is 1.44. The zero-order chi connectivity index (χ0) is 22.5. The van der Waals surface area contributed by atoms with Gasteiger partial charge in [-0.1, -0.05) is 38.0 Å². The minimum Gasteiger partial charge on any atom is -0.475 e. The van der Waals surface area contributed by atoms with E-state index in [1.165, 1.54) is 17.8 Å². The molecule has 1 aliphatic rings. The summed E-state index contributed by atoms with van der Waals surface area (Å²) < 4.78 is 51.1. The number of carbonyl (C=O) groups excluding carboxylic acids is 1. The zero-order valence-electron chi connectivity index (χ0n) is 16.7. The van der Waals surface area contributed by atoms with Gasteiger partial charge in [0.1, 0.15) is 5.75 Å². The van der Waals surface area contributed by atoms with Gasteiger partial charge >= 0.3 is 6.18 Å². The minimum absolute atomic E-state index is 0.0176. The Balaban J connectivity index is 2.18. The van der Waals surface area contributed by atoms with Crippen molar-refractivity contribution in [3.05, 3.63) is 33.9 Å². The fourth-order valence-corrected chi connectivity index (χ4v) is 3.26. The van der Waals surface area contributed by atoms with E-state index in [-0.39, 0.29) is 32.1 Å². The molecule has 0 spiro atoms. The van der Waals surface area contributed by atoms with Crippen LogP contribution in [0.4, 0.5) is 13.2 Å². The van der Waals surface area contributed by atoms with Gasteiger partial charge in [-0.05, 0) is 29.2 Å². The normalized spacial score (nSPS) is 16.5. The first-order valence-electron chi connectivity index (χ1n) is 9.11. The average molecular weight is 453 g/mol. The summed E-state index contributed by atoms with van der Waals surface area (Å²) in [6.07, 6.45) is -6.04. The Morgan fingerprint density at radius 1 is 1.23 bits per heavy atom. The van der Waals surface area contributed by atoms with Crippen LogP contribution in [0.15, 0.2) is 17.7 Å². The van der Waals surface area contributed by atoms with Crippen molar-refractivity contribution in [3.8, 4) is 5.75 Å². The Labute approximate surface area is 177 Å². The van der Waals surface area contributed by atoms with Gasteiger partial charge in [-0.2, -0.15) is 13.2 Å². The number of alkyl halides is 3. The van der Waals surface area contributed by atoms with Gasteiger partial charge in [-0.3, -0.25) is 14.8 Å². The van der Waals surface area contributed by atoms with Gasteiger partial charge in [0.15, 0.2) is 0 Å². The Kier molecular flexibility index (Phi) is 8.12. The smallest absolute Gasteiger partial charge is 0.429 e. The second-order valence-electron chi connectivity index (χ2n) is 7.57. The third kappa shape index (κ3) is 6.32. The standard InChI is InChI=1S/C19H24ClF3N2O5/c1-18(2,3)13-10-15-11(9-14(13)20)8-12(16(30-15)19(21,22)23)17(26)24-4-5-28-6-7-29-25-27/h8-10,16,25,27H,4-7H2,1-3H3,(H,24,26). The number of hydrogen-bond acceptors (Lipinski definition) is 6. The van der Waals surface area contributed by atoms with E-state index in [2.05, 4.69) is 10.2 Å². The molecule has 1 amide bonds. The first-order valence-corrected chi connectivity index (χ1v) is 9.48. The fraction of sp³-hybridized carbons (Fsp3) is 0.526. The number of nitrogens with one attached hydrogen (secondary N) is 2. The molecule has 1 heterocycles. The Hall–Kier alpha value is -1.85. The lowest BCUT2D eigenvalue weighted by atomic mass is 9.85. The number of rotatable bonds is 8. The first-order chi connectivity index (χ1) is 13.9. The van der Waals surface area contributed by atoms with Crippen LogP contribution in [-0.2, 0) is 19.8 Å². The Morgan fingerprint density at radius 3 is 2.53 bits per heavy atom. The fourth-order valence-electron chi connectivity index (χ4n) is 2.81. The highest BCUT2D eigenvalue weighted by molar-refractivity contribution is 6.31. The van der Waals surface area contributed by atoms with E-state index < -0.39 is 29.2 Å². The average Bonchev–Trinajstić information content (AvgIpc) is 2.64. The van der Waals surface area contributed by atoms with E-state index in [1.807, 2.05) is 20.8 Å². The van der Waals surface area contributed by atoms with Crippen LogP contribution in [0, 0.1) is 0 Å². The van der Waals surface area contributed by atoms with Crippen LogP contribution in [0.3, 0.4) is 0 Å². The number of amides is 1. The number of benzene rings is 1. The number of halogens is 4. The summed E-state index contributed by atoms with van der Waals surface area (Å²) in [5, 5.41) is 11.0. The minimum atomic E-state index is -4.78. The predicted molar refractivity (Wildman–Crippen MR) is 103 cm³/mol. The van der Waals surface area contributed by atoms with Gasteiger partial charge in [0.05, 0.1) is 25.4 Å². The molecule has 1 atom stereocenters. The van der Waals surface area contributed by atoms with E-state index in [0.29, 0.717) is 16.1 Å². The first kappa shape index (κ1) is 24.4. The van der Waals surface area contributed by atoms with Gasteiger partial charge in [0.2, 0.25) is 6.10 Å². The maximum absolute atomic E-state index is 13.6. The van der Waals surface area contributed by atoms with E-state index >= 15 is 0 Å². The molecule has 30 heavy (non-hydrogen) atoms. The number of hydrogen-bond donors (Lipinski definition) is 3. The van der Waals surface area contributed by atoms with Gasteiger partial charge in [0.25, 0.3) is 5.91 Å². The summed E-state index contributed by atoms with van der Waals surface area (Å²) in [6.45, 7) is 5.83. The monoisotopic (exact) mass is 452 g/mol. The molecule has 0 saturated carbocycles. The molecule has 0 aliphatic carbocycles. The number of carbonyl (C=O) groups is 1. The van der Waals surface area contributed by atoms with E-state index in [9.17, 15) is 18.0 Å². The van der Waals surface area contributed by atoms with Crippen molar-refractivity contribution in [3.63, 3.8) is 0 Å². The maximum atomic E-state index is 13.6. The topological polar surface area (TPSA) is 89.1 Å². The van der Waals surface area contributed by atoms with Crippen LogP contribution in [0.1, 0.15) is 31.9 Å². The van der Waals surface area contributed by atoms with Crippen molar-refractivity contribution >= 4 is 23.6 Å². The summed E-state index contributed by atoms with van der Waals surface area (Å²) in [7, 11) is 0. The molecule has 0 bridgehead atoms. The van der Waals surface area contributed by atoms with E-state index in [1.54, 1.807) is 0 Å². The molecule has 1 aliphatic heterocycles. The van der Waals surface area contributed by atoms with Crippen LogP contribution in [-0.4, -0.2) is 49.8 Å². The summed E-state index contributed by atoms with van der Waals surface area (Å²) in [4.78, 5) is 16.8. The molecule has 3 N–H and O–H groups in total. The predicted octanol–water partition coefficient (Wildman–Crippen LogP) is 3.39.